The summed E-state index contributed by atoms with van der Waals surface area (Å²) in [6, 6.07) is 1.78. The zero-order valence-electron chi connectivity index (χ0n) is 13.8. The quantitative estimate of drug-likeness (QED) is 0.797. The number of hydrogen-bond acceptors (Lipinski definition) is 8. The third-order valence-electron chi connectivity index (χ3n) is 4.68. The molecule has 1 fully saturated rings. The summed E-state index contributed by atoms with van der Waals surface area (Å²) in [5.41, 5.74) is 5.58. The molecule has 2 atom stereocenters. The summed E-state index contributed by atoms with van der Waals surface area (Å²) in [7, 11) is -2.26. The van der Waals surface area contributed by atoms with Crippen molar-refractivity contribution in [1.29, 1.82) is 0 Å². The van der Waals surface area contributed by atoms with Gasteiger partial charge in [0.05, 0.1) is 16.5 Å². The predicted octanol–water partition coefficient (Wildman–Crippen LogP) is 1.43. The van der Waals surface area contributed by atoms with E-state index in [1.807, 2.05) is 0 Å². The number of guanidine groups is 1. The van der Waals surface area contributed by atoms with Crippen LogP contribution in [0.4, 0.5) is 0 Å². The zero-order chi connectivity index (χ0) is 18.5. The first-order valence-electron chi connectivity index (χ1n) is 7.82. The highest BCUT2D eigenvalue weighted by atomic mass is 35.5. The van der Waals surface area contributed by atoms with Crippen LogP contribution in [0.25, 0.3) is 10.4 Å². The Balaban J connectivity index is 1.91. The number of ether oxygens (including phenoxy) is 1. The molecule has 0 aromatic carbocycles. The molecule has 2 aromatic rings. The van der Waals surface area contributed by atoms with Crippen molar-refractivity contribution < 1.29 is 13.2 Å². The normalized spacial score (nSPS) is 27.7. The number of thiophene rings is 1. The van der Waals surface area contributed by atoms with Gasteiger partial charge in [-0.3, -0.25) is 0 Å². The largest absolute Gasteiger partial charge is 0.378 e. The molecule has 2 aliphatic rings. The first kappa shape index (κ1) is 17.7. The van der Waals surface area contributed by atoms with Crippen LogP contribution in [0.2, 0.25) is 5.02 Å². The van der Waals surface area contributed by atoms with Crippen molar-refractivity contribution in [3.05, 3.63) is 34.7 Å². The lowest BCUT2D eigenvalue weighted by Crippen LogP contribution is -2.60. The summed E-state index contributed by atoms with van der Waals surface area (Å²) < 4.78 is 32.6. The highest BCUT2D eigenvalue weighted by Crippen LogP contribution is 2.49. The summed E-state index contributed by atoms with van der Waals surface area (Å²) in [6.07, 6.45) is 5.11. The molecule has 1 saturated heterocycles. The molecule has 4 rings (SSSR count). The van der Waals surface area contributed by atoms with Crippen LogP contribution in [0, 0.1) is 0 Å². The maximum Gasteiger partial charge on any atom is 0.243 e. The first-order chi connectivity index (χ1) is 12.4. The Bertz CT molecular complexity index is 978. The molecule has 1 unspecified atom stereocenters. The van der Waals surface area contributed by atoms with Crippen LogP contribution in [0.15, 0.2) is 29.8 Å². The number of hydrogen-bond donors (Lipinski definition) is 1. The van der Waals surface area contributed by atoms with Gasteiger partial charge < -0.3 is 10.5 Å². The molecule has 2 aromatic heterocycles. The first-order valence-corrected chi connectivity index (χ1v) is 10.5. The van der Waals surface area contributed by atoms with Gasteiger partial charge in [0.25, 0.3) is 0 Å². The van der Waals surface area contributed by atoms with Crippen LogP contribution in [0.3, 0.4) is 0 Å². The number of sulfonamides is 1. The molecule has 8 nitrogen and oxygen atoms in total. The number of rotatable bonds is 2. The molecule has 11 heteroatoms. The Morgan fingerprint density at radius 3 is 2.88 bits per heavy atom. The Kier molecular flexibility index (Phi) is 4.18. The Morgan fingerprint density at radius 2 is 2.15 bits per heavy atom. The number of aromatic nitrogens is 2. The molecular weight excluding hydrogens is 398 g/mol. The van der Waals surface area contributed by atoms with Crippen LogP contribution in [-0.2, 0) is 20.3 Å². The molecule has 0 radical (unpaired) electrons. The lowest BCUT2D eigenvalue weighted by molar-refractivity contribution is 0.0390. The van der Waals surface area contributed by atoms with Gasteiger partial charge in [0, 0.05) is 36.5 Å². The van der Waals surface area contributed by atoms with E-state index in [4.69, 9.17) is 22.1 Å². The number of fused-ring (bicyclic) bond motifs is 1. The molecule has 0 aliphatic carbocycles. The summed E-state index contributed by atoms with van der Waals surface area (Å²) in [5, 5.41) is -0.349. The summed E-state index contributed by atoms with van der Waals surface area (Å²) >= 11 is 7.88. The second kappa shape index (κ2) is 6.15. The summed E-state index contributed by atoms with van der Waals surface area (Å²) in [5.74, 6) is -0.0687. The van der Waals surface area contributed by atoms with E-state index in [-0.39, 0.29) is 12.6 Å². The molecule has 26 heavy (non-hydrogen) atoms. The van der Waals surface area contributed by atoms with Gasteiger partial charge in [-0.25, -0.2) is 27.7 Å². The minimum Gasteiger partial charge on any atom is -0.378 e. The van der Waals surface area contributed by atoms with Gasteiger partial charge in [0.15, 0.2) is 0 Å². The van der Waals surface area contributed by atoms with Crippen molar-refractivity contribution in [1.82, 2.24) is 14.3 Å². The van der Waals surface area contributed by atoms with Crippen molar-refractivity contribution in [3.63, 3.8) is 0 Å². The summed E-state index contributed by atoms with van der Waals surface area (Å²) in [6.45, 7) is 0.452. The van der Waals surface area contributed by atoms with Gasteiger partial charge in [0.2, 0.25) is 16.0 Å². The number of aliphatic imine (C=N–C) groups is 1. The van der Waals surface area contributed by atoms with E-state index in [9.17, 15) is 8.42 Å². The molecule has 2 N–H and O–H groups in total. The van der Waals surface area contributed by atoms with E-state index in [2.05, 4.69) is 15.0 Å². The van der Waals surface area contributed by atoms with Crippen LogP contribution >= 0.6 is 22.9 Å². The van der Waals surface area contributed by atoms with E-state index < -0.39 is 20.8 Å². The number of nitrogens with zero attached hydrogens (tertiary/aromatic N) is 4. The molecule has 4 heterocycles. The van der Waals surface area contributed by atoms with Crippen LogP contribution in [0.5, 0.6) is 0 Å². The Morgan fingerprint density at radius 1 is 1.42 bits per heavy atom. The predicted molar refractivity (Wildman–Crippen MR) is 99.6 cm³/mol. The fourth-order valence-electron chi connectivity index (χ4n) is 3.34. The average Bonchev–Trinajstić information content (AvgIpc) is 3.03. The maximum atomic E-state index is 13.0. The topological polar surface area (TPSA) is 111 Å². The zero-order valence-corrected chi connectivity index (χ0v) is 16.2. The maximum absolute atomic E-state index is 13.0. The van der Waals surface area contributed by atoms with Crippen LogP contribution < -0.4 is 5.73 Å². The van der Waals surface area contributed by atoms with Crippen molar-refractivity contribution >= 4 is 38.9 Å². The van der Waals surface area contributed by atoms with E-state index in [0.717, 1.165) is 14.7 Å². The van der Waals surface area contributed by atoms with Gasteiger partial charge in [-0.15, -0.1) is 11.3 Å². The minimum atomic E-state index is -3.67. The van der Waals surface area contributed by atoms with Crippen molar-refractivity contribution in [3.8, 4) is 10.4 Å². The van der Waals surface area contributed by atoms with Gasteiger partial charge in [-0.2, -0.15) is 0 Å². The molecule has 0 bridgehead atoms. The molecular formula is C15H16ClN5O3S2. The molecule has 2 aliphatic heterocycles. The lowest BCUT2D eigenvalue weighted by atomic mass is 9.90. The number of nitrogens with two attached hydrogens (primary N) is 1. The number of halogens is 1. The van der Waals surface area contributed by atoms with Crippen molar-refractivity contribution in [2.24, 2.45) is 10.7 Å². The third kappa shape index (κ3) is 2.51. The average molecular weight is 414 g/mol. The highest BCUT2D eigenvalue weighted by molar-refractivity contribution is 7.90. The molecule has 0 amide bonds. The van der Waals surface area contributed by atoms with Crippen molar-refractivity contribution in [2.45, 2.75) is 17.2 Å². The smallest absolute Gasteiger partial charge is 0.243 e. The Hall–Kier alpha value is -1.75. The van der Waals surface area contributed by atoms with Crippen LogP contribution in [-0.4, -0.2) is 54.2 Å². The van der Waals surface area contributed by atoms with E-state index in [0.29, 0.717) is 22.9 Å². The molecule has 138 valence electrons. The monoisotopic (exact) mass is 413 g/mol. The van der Waals surface area contributed by atoms with Gasteiger partial charge in [-0.1, -0.05) is 11.6 Å². The van der Waals surface area contributed by atoms with E-state index >= 15 is 0 Å². The molecule has 0 spiro atoms. The summed E-state index contributed by atoms with van der Waals surface area (Å²) in [4.78, 5) is 14.0. The highest BCUT2D eigenvalue weighted by Gasteiger charge is 2.56. The van der Waals surface area contributed by atoms with Crippen LogP contribution in [0.1, 0.15) is 11.3 Å². The Labute approximate surface area is 159 Å². The lowest BCUT2D eigenvalue weighted by Gasteiger charge is -2.45. The third-order valence-corrected chi connectivity index (χ3v) is 8.74. The standard InChI is InChI=1S/C15H16ClN5O3S2/c1-21-14(17)20-15(7-24-3-2-12(15)26(21,22)23)13-10(16)4-11(25-13)9-5-18-8-19-6-9/h4-6,8,12H,2-3,7H2,1H3,(H2,17,20)/t12?,15-/m0/s1. The molecule has 0 saturated carbocycles. The second-order valence-electron chi connectivity index (χ2n) is 6.15. The van der Waals surface area contributed by atoms with E-state index in [1.54, 1.807) is 18.5 Å². The van der Waals surface area contributed by atoms with Gasteiger partial charge in [-0.05, 0) is 12.5 Å². The van der Waals surface area contributed by atoms with Gasteiger partial charge >= 0.3 is 0 Å². The van der Waals surface area contributed by atoms with Gasteiger partial charge in [0.1, 0.15) is 17.1 Å². The second-order valence-corrected chi connectivity index (χ2v) is 9.76. The fraction of sp³-hybridized carbons (Fsp3) is 0.400. The SMILES string of the molecule is CN1C(N)=N[C@@]2(c3sc(-c4cncnc4)cc3Cl)COCCC2S1(=O)=O. The van der Waals surface area contributed by atoms with E-state index in [1.165, 1.54) is 24.7 Å². The minimum absolute atomic E-state index is 0.0687. The fourth-order valence-corrected chi connectivity index (χ4v) is 6.88. The van der Waals surface area contributed by atoms with Crippen molar-refractivity contribution in [2.75, 3.05) is 20.3 Å².